The first-order valence-electron chi connectivity index (χ1n) is 25.9. The lowest BCUT2D eigenvalue weighted by atomic mass is 10.1. The fourth-order valence-electron chi connectivity index (χ4n) is 6.30. The van der Waals surface area contributed by atoms with Crippen LogP contribution in [0.3, 0.4) is 0 Å². The summed E-state index contributed by atoms with van der Waals surface area (Å²) in [6, 6.07) is 0. The minimum atomic E-state index is -0.822. The molecule has 0 aliphatic carbocycles. The summed E-state index contributed by atoms with van der Waals surface area (Å²) in [6.07, 6.45) is 75.4. The second-order valence-electron chi connectivity index (χ2n) is 16.5. The van der Waals surface area contributed by atoms with Crippen LogP contribution in [0.4, 0.5) is 0 Å². The normalized spacial score (nSPS) is 13.3. The van der Waals surface area contributed by atoms with Gasteiger partial charge in [0.25, 0.3) is 0 Å². The van der Waals surface area contributed by atoms with Crippen molar-refractivity contribution in [3.63, 3.8) is 0 Å². The van der Waals surface area contributed by atoms with Crippen molar-refractivity contribution < 1.29 is 28.6 Å². The molecule has 0 spiro atoms. The molecule has 0 radical (unpaired) electrons. The van der Waals surface area contributed by atoms with Crippen molar-refractivity contribution in [2.45, 2.75) is 200 Å². The zero-order valence-corrected chi connectivity index (χ0v) is 41.9. The number of rotatable bonds is 44. The lowest BCUT2D eigenvalue weighted by Crippen LogP contribution is -2.30. The van der Waals surface area contributed by atoms with Crippen molar-refractivity contribution >= 4 is 17.9 Å². The summed E-state index contributed by atoms with van der Waals surface area (Å²) in [5.41, 5.74) is 0. The molecule has 66 heavy (non-hydrogen) atoms. The first-order valence-corrected chi connectivity index (χ1v) is 25.9. The van der Waals surface area contributed by atoms with Crippen LogP contribution in [0, 0.1) is 0 Å². The van der Waals surface area contributed by atoms with Gasteiger partial charge in [-0.05, 0) is 103 Å². The van der Waals surface area contributed by atoms with Gasteiger partial charge in [0.1, 0.15) is 13.2 Å². The summed E-state index contributed by atoms with van der Waals surface area (Å²) < 4.78 is 16.7. The van der Waals surface area contributed by atoms with E-state index in [1.807, 2.05) is 36.5 Å². The molecular weight excluding hydrogens is 817 g/mol. The molecule has 0 saturated carbocycles. The Morgan fingerprint density at radius 3 is 1.15 bits per heavy atom. The lowest BCUT2D eigenvalue weighted by molar-refractivity contribution is -0.167. The van der Waals surface area contributed by atoms with Crippen LogP contribution < -0.4 is 0 Å². The van der Waals surface area contributed by atoms with E-state index in [2.05, 4.69) is 130 Å². The van der Waals surface area contributed by atoms with E-state index in [9.17, 15) is 14.4 Å². The first kappa shape index (κ1) is 61.3. The van der Waals surface area contributed by atoms with Gasteiger partial charge in [0.15, 0.2) is 6.10 Å². The van der Waals surface area contributed by atoms with Crippen LogP contribution in [0.15, 0.2) is 146 Å². The van der Waals surface area contributed by atoms with Gasteiger partial charge < -0.3 is 14.2 Å². The predicted molar refractivity (Wildman–Crippen MR) is 283 cm³/mol. The number of carbonyl (C=O) groups excluding carboxylic acids is 3. The lowest BCUT2D eigenvalue weighted by Gasteiger charge is -2.18. The third kappa shape index (κ3) is 50.3. The molecule has 0 amide bonds. The van der Waals surface area contributed by atoms with Gasteiger partial charge in [0.2, 0.25) is 0 Å². The maximum atomic E-state index is 12.8. The van der Waals surface area contributed by atoms with Crippen LogP contribution in [0.5, 0.6) is 0 Å². The van der Waals surface area contributed by atoms with Gasteiger partial charge in [0.05, 0.1) is 0 Å². The zero-order chi connectivity index (χ0) is 47.9. The first-order chi connectivity index (χ1) is 32.5. The largest absolute Gasteiger partial charge is 0.462 e. The number of carbonyl (C=O) groups is 3. The molecule has 6 nitrogen and oxygen atoms in total. The van der Waals surface area contributed by atoms with Crippen molar-refractivity contribution in [3.05, 3.63) is 146 Å². The molecule has 0 rings (SSSR count). The molecule has 6 heteroatoms. The highest BCUT2D eigenvalue weighted by Crippen LogP contribution is 2.12. The Hall–Kier alpha value is -4.71. The molecule has 0 fully saturated rings. The van der Waals surface area contributed by atoms with E-state index in [4.69, 9.17) is 14.2 Å². The Balaban J connectivity index is 4.55. The van der Waals surface area contributed by atoms with Crippen LogP contribution >= 0.6 is 0 Å². The minimum Gasteiger partial charge on any atom is -0.462 e. The highest BCUT2D eigenvalue weighted by Gasteiger charge is 2.19. The van der Waals surface area contributed by atoms with Crippen LogP contribution in [0.25, 0.3) is 0 Å². The maximum absolute atomic E-state index is 12.8. The highest BCUT2D eigenvalue weighted by atomic mass is 16.6. The van der Waals surface area contributed by atoms with Crippen LogP contribution in [0.1, 0.15) is 194 Å². The fourth-order valence-corrected chi connectivity index (χ4v) is 6.30. The molecule has 0 aromatic carbocycles. The zero-order valence-electron chi connectivity index (χ0n) is 41.9. The molecule has 0 aromatic rings. The van der Waals surface area contributed by atoms with E-state index >= 15 is 0 Å². The van der Waals surface area contributed by atoms with E-state index in [-0.39, 0.29) is 37.5 Å². The number of ether oxygens (including phenoxy) is 3. The minimum absolute atomic E-state index is 0.120. The van der Waals surface area contributed by atoms with Gasteiger partial charge in [-0.15, -0.1) is 0 Å². The quantitative estimate of drug-likeness (QED) is 0.0199. The van der Waals surface area contributed by atoms with Gasteiger partial charge >= 0.3 is 17.9 Å². The number of hydrogen-bond acceptors (Lipinski definition) is 6. The van der Waals surface area contributed by atoms with E-state index in [1.54, 1.807) is 0 Å². The summed E-state index contributed by atoms with van der Waals surface area (Å²) in [6.45, 7) is 6.28. The molecule has 0 aliphatic heterocycles. The maximum Gasteiger partial charge on any atom is 0.306 e. The van der Waals surface area contributed by atoms with Gasteiger partial charge in [-0.25, -0.2) is 0 Å². The summed E-state index contributed by atoms with van der Waals surface area (Å²) in [5.74, 6) is -1.02. The summed E-state index contributed by atoms with van der Waals surface area (Å²) in [5, 5.41) is 0. The third-order valence-corrected chi connectivity index (χ3v) is 10.2. The second-order valence-corrected chi connectivity index (χ2v) is 16.5. The summed E-state index contributed by atoms with van der Waals surface area (Å²) in [4.78, 5) is 38.0. The molecule has 0 saturated heterocycles. The van der Waals surface area contributed by atoms with Gasteiger partial charge in [0, 0.05) is 19.3 Å². The van der Waals surface area contributed by atoms with Crippen molar-refractivity contribution in [2.75, 3.05) is 13.2 Å². The van der Waals surface area contributed by atoms with E-state index in [0.29, 0.717) is 12.8 Å². The fraction of sp³-hybridized carbons (Fsp3) is 0.550. The Morgan fingerprint density at radius 2 is 0.682 bits per heavy atom. The number of esters is 3. The van der Waals surface area contributed by atoms with Gasteiger partial charge in [-0.3, -0.25) is 14.4 Å². The summed E-state index contributed by atoms with van der Waals surface area (Å²) >= 11 is 0. The molecular formula is C60H92O6. The molecule has 1 atom stereocenters. The third-order valence-electron chi connectivity index (χ3n) is 10.2. The monoisotopic (exact) mass is 909 g/mol. The number of allylic oxidation sites excluding steroid dienone is 24. The predicted octanol–water partition coefficient (Wildman–Crippen LogP) is 17.3. The van der Waals surface area contributed by atoms with Gasteiger partial charge in [-0.2, -0.15) is 0 Å². The van der Waals surface area contributed by atoms with E-state index in [1.165, 1.54) is 19.3 Å². The van der Waals surface area contributed by atoms with Crippen molar-refractivity contribution in [2.24, 2.45) is 0 Å². The van der Waals surface area contributed by atoms with Crippen molar-refractivity contribution in [1.29, 1.82) is 0 Å². The van der Waals surface area contributed by atoms with E-state index in [0.717, 1.165) is 135 Å². The standard InChI is InChI=1S/C60H92O6/c1-4-7-10-13-16-19-22-24-26-28-30-32-33-35-38-41-44-47-50-53-59(62)65-56-57(55-64-58(61)52-49-46-43-40-37-21-18-15-12-9-6-3)66-60(63)54-51-48-45-42-39-36-34-31-29-27-25-23-20-17-14-11-8-5-2/h7,10-11,14-21,23-27,29-32,34-35,37-38,57H,4-6,8-9,12-13,22,28,33,36,39-56H2,1-3H3/b10-7-,14-11-,18-15-,19-16-,20-17-,25-23-,26-24-,29-27-,32-30-,34-31-,37-21-,38-35-. The average molecular weight is 909 g/mol. The number of unbranched alkanes of at least 4 members (excludes halogenated alkanes) is 14. The Bertz CT molecular complexity index is 1510. The van der Waals surface area contributed by atoms with Crippen LogP contribution in [-0.2, 0) is 28.6 Å². The Labute approximate surface area is 404 Å². The second kappa shape index (κ2) is 52.9. The van der Waals surface area contributed by atoms with Crippen molar-refractivity contribution in [1.82, 2.24) is 0 Å². The van der Waals surface area contributed by atoms with Crippen LogP contribution in [0.2, 0.25) is 0 Å². The SMILES string of the molecule is CC/C=C\C/C=C\C/C=C\C/C=C\C/C=C\CCCCCC(=O)OCC(COC(=O)CCCCC/C=C\C=C/CCCC)OC(=O)CCCCCCC\C=C/C=C\C=C/C=C\C=C/CCC. The van der Waals surface area contributed by atoms with Crippen molar-refractivity contribution in [3.8, 4) is 0 Å². The molecule has 0 heterocycles. The number of hydrogen-bond donors (Lipinski definition) is 0. The highest BCUT2D eigenvalue weighted by molar-refractivity contribution is 5.71. The smallest absolute Gasteiger partial charge is 0.306 e. The molecule has 0 aliphatic rings. The molecule has 368 valence electrons. The van der Waals surface area contributed by atoms with Gasteiger partial charge in [-0.1, -0.05) is 218 Å². The summed E-state index contributed by atoms with van der Waals surface area (Å²) in [7, 11) is 0. The van der Waals surface area contributed by atoms with E-state index < -0.39 is 6.10 Å². The molecule has 0 aromatic heterocycles. The molecule has 1 unspecified atom stereocenters. The molecule has 0 N–H and O–H groups in total. The topological polar surface area (TPSA) is 78.9 Å². The average Bonchev–Trinajstić information content (AvgIpc) is 3.31. The molecule has 0 bridgehead atoms. The Morgan fingerprint density at radius 1 is 0.333 bits per heavy atom. The van der Waals surface area contributed by atoms with Crippen LogP contribution in [-0.4, -0.2) is 37.2 Å². The Kier molecular flexibility index (Phi) is 49.1.